The maximum atomic E-state index is 11.5. The molecule has 0 saturated carbocycles. The number of hydrogen-bond donors (Lipinski definition) is 3. The van der Waals surface area contributed by atoms with Gasteiger partial charge < -0.3 is 10.4 Å². The predicted octanol–water partition coefficient (Wildman–Crippen LogP) is 1.17. The minimum absolute atomic E-state index is 0.0708. The monoisotopic (exact) mass is 233 g/mol. The Morgan fingerprint density at radius 1 is 1.40 bits per heavy atom. The van der Waals surface area contributed by atoms with E-state index in [1.807, 2.05) is 13.8 Å². The first-order valence-electron chi connectivity index (χ1n) is 5.08. The summed E-state index contributed by atoms with van der Waals surface area (Å²) < 4.78 is 0. The van der Waals surface area contributed by atoms with E-state index in [1.165, 1.54) is 0 Å². The summed E-state index contributed by atoms with van der Waals surface area (Å²) in [5, 5.41) is 11.5. The summed E-state index contributed by atoms with van der Waals surface area (Å²) >= 11 is 4.00. The zero-order chi connectivity index (χ0) is 12.0. The maximum Gasteiger partial charge on any atom is 0.326 e. The van der Waals surface area contributed by atoms with Crippen LogP contribution in [-0.2, 0) is 9.59 Å². The predicted molar refractivity (Wildman–Crippen MR) is 62.0 cm³/mol. The van der Waals surface area contributed by atoms with Crippen LogP contribution in [0.4, 0.5) is 0 Å². The maximum absolute atomic E-state index is 11.5. The molecule has 0 aromatic carbocycles. The van der Waals surface area contributed by atoms with Crippen LogP contribution in [0.15, 0.2) is 0 Å². The van der Waals surface area contributed by atoms with Crippen molar-refractivity contribution in [3.63, 3.8) is 0 Å². The molecule has 0 aliphatic heterocycles. The Morgan fingerprint density at radius 2 is 1.93 bits per heavy atom. The number of rotatable bonds is 6. The molecule has 2 N–H and O–H groups in total. The summed E-state index contributed by atoms with van der Waals surface area (Å²) in [7, 11) is 0. The Kier molecular flexibility index (Phi) is 6.40. The van der Waals surface area contributed by atoms with Gasteiger partial charge in [-0.2, -0.15) is 12.6 Å². The van der Waals surface area contributed by atoms with Crippen molar-refractivity contribution >= 4 is 24.5 Å². The number of carboxylic acid groups (broad SMARTS) is 1. The van der Waals surface area contributed by atoms with Crippen LogP contribution in [0.3, 0.4) is 0 Å². The van der Waals surface area contributed by atoms with E-state index >= 15 is 0 Å². The van der Waals surface area contributed by atoms with Crippen LogP contribution in [0.1, 0.15) is 27.2 Å². The summed E-state index contributed by atoms with van der Waals surface area (Å²) in [5.41, 5.74) is 0. The molecule has 88 valence electrons. The zero-order valence-corrected chi connectivity index (χ0v) is 10.3. The Hall–Kier alpha value is -0.710. The fourth-order valence-electron chi connectivity index (χ4n) is 1.06. The Morgan fingerprint density at radius 3 is 2.27 bits per heavy atom. The number of aliphatic carboxylic acids is 1. The van der Waals surface area contributed by atoms with Crippen LogP contribution in [0.5, 0.6) is 0 Å². The van der Waals surface area contributed by atoms with Crippen LogP contribution < -0.4 is 5.32 Å². The summed E-state index contributed by atoms with van der Waals surface area (Å²) in [5.74, 6) is -1.15. The van der Waals surface area contributed by atoms with Gasteiger partial charge in [0.2, 0.25) is 5.91 Å². The third kappa shape index (κ3) is 4.55. The second kappa shape index (κ2) is 6.71. The van der Waals surface area contributed by atoms with Gasteiger partial charge in [-0.05, 0) is 5.92 Å². The van der Waals surface area contributed by atoms with Crippen LogP contribution >= 0.6 is 12.6 Å². The molecular formula is C10H19NO3S. The van der Waals surface area contributed by atoms with Crippen LogP contribution in [0.25, 0.3) is 0 Å². The van der Waals surface area contributed by atoms with Crippen LogP contribution in [0, 0.1) is 11.8 Å². The van der Waals surface area contributed by atoms with Crippen molar-refractivity contribution in [2.24, 2.45) is 11.8 Å². The number of amides is 1. The number of thiol groups is 1. The molecule has 0 aromatic heterocycles. The molecule has 0 aliphatic carbocycles. The molecule has 1 amide bonds. The van der Waals surface area contributed by atoms with Crippen molar-refractivity contribution in [3.8, 4) is 0 Å². The van der Waals surface area contributed by atoms with E-state index in [2.05, 4.69) is 17.9 Å². The van der Waals surface area contributed by atoms with Gasteiger partial charge in [0.05, 0.1) is 0 Å². The normalized spacial score (nSPS) is 16.5. The Labute approximate surface area is 95.8 Å². The van der Waals surface area contributed by atoms with Gasteiger partial charge in [0, 0.05) is 11.7 Å². The van der Waals surface area contributed by atoms with Crippen molar-refractivity contribution in [3.05, 3.63) is 0 Å². The summed E-state index contributed by atoms with van der Waals surface area (Å²) in [4.78, 5) is 22.4. The fraction of sp³-hybridized carbons (Fsp3) is 0.800. The minimum Gasteiger partial charge on any atom is -0.480 e. The number of carbonyl (C=O) groups excluding carboxylic acids is 1. The molecule has 0 heterocycles. The van der Waals surface area contributed by atoms with Gasteiger partial charge in [-0.3, -0.25) is 4.79 Å². The highest BCUT2D eigenvalue weighted by molar-refractivity contribution is 7.80. The lowest BCUT2D eigenvalue weighted by molar-refractivity contribution is -0.143. The van der Waals surface area contributed by atoms with Gasteiger partial charge in [0.25, 0.3) is 0 Å². The second-order valence-corrected chi connectivity index (χ2v) is 4.16. The van der Waals surface area contributed by atoms with Crippen molar-refractivity contribution in [2.45, 2.75) is 33.2 Å². The topological polar surface area (TPSA) is 66.4 Å². The number of carbonyl (C=O) groups is 2. The van der Waals surface area contributed by atoms with E-state index in [4.69, 9.17) is 5.11 Å². The average Bonchev–Trinajstić information content (AvgIpc) is 2.22. The largest absolute Gasteiger partial charge is 0.480 e. The number of carboxylic acids is 1. The van der Waals surface area contributed by atoms with Gasteiger partial charge in [-0.25, -0.2) is 4.79 Å². The van der Waals surface area contributed by atoms with Crippen molar-refractivity contribution in [1.82, 2.24) is 5.32 Å². The van der Waals surface area contributed by atoms with E-state index in [0.717, 1.165) is 0 Å². The number of nitrogens with one attached hydrogen (secondary N) is 1. The number of hydrogen-bond acceptors (Lipinski definition) is 3. The van der Waals surface area contributed by atoms with Crippen molar-refractivity contribution in [1.29, 1.82) is 0 Å². The highest BCUT2D eigenvalue weighted by atomic mass is 32.1. The molecule has 5 heteroatoms. The first-order chi connectivity index (χ1) is 6.93. The van der Waals surface area contributed by atoms with Crippen LogP contribution in [-0.4, -0.2) is 28.8 Å². The molecule has 0 rings (SSSR count). The van der Waals surface area contributed by atoms with Crippen LogP contribution in [0.2, 0.25) is 0 Å². The Bertz CT molecular complexity index is 233. The summed E-state index contributed by atoms with van der Waals surface area (Å²) in [6, 6.07) is -0.801. The smallest absolute Gasteiger partial charge is 0.326 e. The van der Waals surface area contributed by atoms with Gasteiger partial charge in [0.15, 0.2) is 0 Å². The second-order valence-electron chi connectivity index (χ2n) is 3.79. The molecule has 0 saturated heterocycles. The van der Waals surface area contributed by atoms with Crippen molar-refractivity contribution in [2.75, 3.05) is 5.75 Å². The molecule has 0 aliphatic rings. The third-order valence-corrected chi connectivity index (χ3v) is 3.05. The van der Waals surface area contributed by atoms with E-state index in [0.29, 0.717) is 12.2 Å². The Balaban J connectivity index is 4.42. The highest BCUT2D eigenvalue weighted by Crippen LogP contribution is 2.09. The first-order valence-corrected chi connectivity index (χ1v) is 5.71. The SMILES string of the molecule is CC[C@H](C)[C@H](NC(=O)[C@H](C)CS)C(=O)O. The quantitative estimate of drug-likeness (QED) is 0.603. The molecule has 0 unspecified atom stereocenters. The van der Waals surface area contributed by atoms with E-state index in [9.17, 15) is 9.59 Å². The lowest BCUT2D eigenvalue weighted by atomic mass is 9.98. The molecule has 15 heavy (non-hydrogen) atoms. The van der Waals surface area contributed by atoms with Gasteiger partial charge in [0.1, 0.15) is 6.04 Å². The van der Waals surface area contributed by atoms with Gasteiger partial charge >= 0.3 is 5.97 Å². The third-order valence-electron chi connectivity index (χ3n) is 2.50. The van der Waals surface area contributed by atoms with Crippen molar-refractivity contribution < 1.29 is 14.7 Å². The van der Waals surface area contributed by atoms with E-state index < -0.39 is 12.0 Å². The molecular weight excluding hydrogens is 214 g/mol. The lowest BCUT2D eigenvalue weighted by Crippen LogP contribution is -2.47. The molecule has 0 aromatic rings. The molecule has 0 spiro atoms. The van der Waals surface area contributed by atoms with Gasteiger partial charge in [-0.15, -0.1) is 0 Å². The first kappa shape index (κ1) is 14.3. The van der Waals surface area contributed by atoms with E-state index in [1.54, 1.807) is 6.92 Å². The zero-order valence-electron chi connectivity index (χ0n) is 9.36. The standard InChI is InChI=1S/C10H19NO3S/c1-4-6(2)8(10(13)14)11-9(12)7(3)5-15/h6-8,15H,4-5H2,1-3H3,(H,11,12)(H,13,14)/t6-,7+,8-/m0/s1. The minimum atomic E-state index is -0.982. The fourth-order valence-corrected chi connectivity index (χ4v) is 1.23. The summed E-state index contributed by atoms with van der Waals surface area (Å²) in [6.07, 6.45) is 0.715. The molecule has 0 radical (unpaired) electrons. The highest BCUT2D eigenvalue weighted by Gasteiger charge is 2.26. The molecule has 0 bridgehead atoms. The summed E-state index contributed by atoms with van der Waals surface area (Å²) in [6.45, 7) is 5.43. The average molecular weight is 233 g/mol. The lowest BCUT2D eigenvalue weighted by Gasteiger charge is -2.21. The molecule has 3 atom stereocenters. The van der Waals surface area contributed by atoms with Gasteiger partial charge in [-0.1, -0.05) is 27.2 Å². The molecule has 0 fully saturated rings. The molecule has 4 nitrogen and oxygen atoms in total. The van der Waals surface area contributed by atoms with E-state index in [-0.39, 0.29) is 17.7 Å².